The van der Waals surface area contributed by atoms with Crippen molar-refractivity contribution < 1.29 is 4.79 Å². The van der Waals surface area contributed by atoms with Crippen molar-refractivity contribution in [2.24, 2.45) is 5.92 Å². The van der Waals surface area contributed by atoms with Crippen LogP contribution >= 0.6 is 0 Å². The van der Waals surface area contributed by atoms with Crippen LogP contribution in [0.3, 0.4) is 0 Å². The topological polar surface area (TPSA) is 41.1 Å². The van der Waals surface area contributed by atoms with E-state index >= 15 is 0 Å². The molecule has 2 N–H and O–H groups in total. The molecule has 1 atom stereocenters. The van der Waals surface area contributed by atoms with E-state index in [4.69, 9.17) is 0 Å². The maximum atomic E-state index is 10.9. The molecule has 0 saturated heterocycles. The second kappa shape index (κ2) is 6.89. The zero-order valence-electron chi connectivity index (χ0n) is 9.18. The van der Waals surface area contributed by atoms with Gasteiger partial charge in [0.15, 0.2) is 0 Å². The SMILES string of the molecule is CCC(CC)C(C)NCC(=O)NC. The van der Waals surface area contributed by atoms with Crippen molar-refractivity contribution in [3.05, 3.63) is 0 Å². The Morgan fingerprint density at radius 3 is 2.23 bits per heavy atom. The summed E-state index contributed by atoms with van der Waals surface area (Å²) >= 11 is 0. The number of hydrogen-bond acceptors (Lipinski definition) is 2. The van der Waals surface area contributed by atoms with Crippen LogP contribution in [0.15, 0.2) is 0 Å². The molecule has 13 heavy (non-hydrogen) atoms. The van der Waals surface area contributed by atoms with E-state index in [1.54, 1.807) is 7.05 Å². The normalized spacial score (nSPS) is 13.0. The van der Waals surface area contributed by atoms with Crippen LogP contribution in [0, 0.1) is 5.92 Å². The zero-order valence-corrected chi connectivity index (χ0v) is 9.18. The van der Waals surface area contributed by atoms with Gasteiger partial charge in [0.25, 0.3) is 0 Å². The lowest BCUT2D eigenvalue weighted by atomic mass is 9.95. The summed E-state index contributed by atoms with van der Waals surface area (Å²) in [7, 11) is 1.66. The predicted molar refractivity (Wildman–Crippen MR) is 55.6 cm³/mol. The van der Waals surface area contributed by atoms with Crippen molar-refractivity contribution in [2.45, 2.75) is 39.7 Å². The van der Waals surface area contributed by atoms with Gasteiger partial charge in [-0.1, -0.05) is 26.7 Å². The van der Waals surface area contributed by atoms with Crippen LogP contribution in [0.25, 0.3) is 0 Å². The first kappa shape index (κ1) is 12.4. The minimum atomic E-state index is 0.0535. The summed E-state index contributed by atoms with van der Waals surface area (Å²) in [5, 5.41) is 5.82. The lowest BCUT2D eigenvalue weighted by molar-refractivity contribution is -0.119. The third-order valence-corrected chi connectivity index (χ3v) is 2.62. The number of rotatable bonds is 6. The Morgan fingerprint density at radius 2 is 1.85 bits per heavy atom. The molecule has 1 unspecified atom stereocenters. The number of nitrogens with one attached hydrogen (secondary N) is 2. The summed E-state index contributed by atoms with van der Waals surface area (Å²) in [5.74, 6) is 0.725. The summed E-state index contributed by atoms with van der Waals surface area (Å²) in [6.07, 6.45) is 2.33. The molecule has 0 radical (unpaired) electrons. The van der Waals surface area contributed by atoms with Gasteiger partial charge in [-0.15, -0.1) is 0 Å². The highest BCUT2D eigenvalue weighted by atomic mass is 16.1. The highest BCUT2D eigenvalue weighted by molar-refractivity contribution is 5.77. The molecule has 1 amide bonds. The van der Waals surface area contributed by atoms with Gasteiger partial charge >= 0.3 is 0 Å². The van der Waals surface area contributed by atoms with Crippen molar-refractivity contribution in [3.8, 4) is 0 Å². The molecule has 0 fully saturated rings. The monoisotopic (exact) mass is 186 g/mol. The molecular formula is C10H22N2O. The Labute approximate surface area is 81.3 Å². The number of carbonyl (C=O) groups excluding carboxylic acids is 1. The highest BCUT2D eigenvalue weighted by Gasteiger charge is 2.13. The maximum Gasteiger partial charge on any atom is 0.233 e. The summed E-state index contributed by atoms with van der Waals surface area (Å²) in [6.45, 7) is 6.94. The molecule has 0 aromatic carbocycles. The molecule has 0 aliphatic rings. The van der Waals surface area contributed by atoms with Crippen molar-refractivity contribution in [3.63, 3.8) is 0 Å². The molecule has 3 heteroatoms. The van der Waals surface area contributed by atoms with Crippen LogP contribution in [-0.2, 0) is 4.79 Å². The Hall–Kier alpha value is -0.570. The van der Waals surface area contributed by atoms with E-state index in [0.717, 1.165) is 0 Å². The molecule has 3 nitrogen and oxygen atoms in total. The van der Waals surface area contributed by atoms with Crippen LogP contribution in [0.2, 0.25) is 0 Å². The van der Waals surface area contributed by atoms with Gasteiger partial charge in [-0.3, -0.25) is 4.79 Å². The van der Waals surface area contributed by atoms with Gasteiger partial charge in [0.1, 0.15) is 0 Å². The quantitative estimate of drug-likeness (QED) is 0.653. The predicted octanol–water partition coefficient (Wildman–Crippen LogP) is 1.15. The summed E-state index contributed by atoms with van der Waals surface area (Å²) < 4.78 is 0. The molecule has 0 spiro atoms. The fourth-order valence-corrected chi connectivity index (χ4v) is 1.50. The van der Waals surface area contributed by atoms with Crippen molar-refractivity contribution in [2.75, 3.05) is 13.6 Å². The van der Waals surface area contributed by atoms with Crippen LogP contribution < -0.4 is 10.6 Å². The van der Waals surface area contributed by atoms with Crippen molar-refractivity contribution >= 4 is 5.91 Å². The average Bonchev–Trinajstić information content (AvgIpc) is 2.16. The Morgan fingerprint density at radius 1 is 1.31 bits per heavy atom. The number of amides is 1. The van der Waals surface area contributed by atoms with Gasteiger partial charge < -0.3 is 10.6 Å². The van der Waals surface area contributed by atoms with E-state index < -0.39 is 0 Å². The van der Waals surface area contributed by atoms with Crippen LogP contribution in [0.5, 0.6) is 0 Å². The van der Waals surface area contributed by atoms with Gasteiger partial charge in [0.2, 0.25) is 5.91 Å². The molecule has 0 aliphatic carbocycles. The van der Waals surface area contributed by atoms with Gasteiger partial charge in [-0.25, -0.2) is 0 Å². The largest absolute Gasteiger partial charge is 0.358 e. The van der Waals surface area contributed by atoms with E-state index in [1.807, 2.05) is 0 Å². The smallest absolute Gasteiger partial charge is 0.233 e. The van der Waals surface area contributed by atoms with Gasteiger partial charge in [-0.05, 0) is 12.8 Å². The minimum Gasteiger partial charge on any atom is -0.358 e. The lowest BCUT2D eigenvalue weighted by Crippen LogP contribution is -2.39. The molecule has 0 aliphatic heterocycles. The first-order chi connectivity index (χ1) is 6.15. The lowest BCUT2D eigenvalue weighted by Gasteiger charge is -2.21. The number of likely N-dealkylation sites (N-methyl/N-ethyl adjacent to an activating group) is 1. The average molecular weight is 186 g/mol. The number of hydrogen-bond donors (Lipinski definition) is 2. The Bertz CT molecular complexity index is 144. The molecule has 0 saturated carbocycles. The van der Waals surface area contributed by atoms with Crippen LogP contribution in [0.4, 0.5) is 0 Å². The van der Waals surface area contributed by atoms with Crippen LogP contribution in [-0.4, -0.2) is 25.5 Å². The minimum absolute atomic E-state index is 0.0535. The summed E-state index contributed by atoms with van der Waals surface area (Å²) in [6, 6.07) is 0.423. The van der Waals surface area contributed by atoms with E-state index in [2.05, 4.69) is 31.4 Å². The molecule has 0 heterocycles. The zero-order chi connectivity index (χ0) is 10.3. The summed E-state index contributed by atoms with van der Waals surface area (Å²) in [5.41, 5.74) is 0. The molecule has 0 aromatic rings. The van der Waals surface area contributed by atoms with E-state index in [1.165, 1.54) is 12.8 Å². The third kappa shape index (κ3) is 4.88. The van der Waals surface area contributed by atoms with E-state index in [9.17, 15) is 4.79 Å². The molecule has 0 aromatic heterocycles. The maximum absolute atomic E-state index is 10.9. The van der Waals surface area contributed by atoms with Crippen LogP contribution in [0.1, 0.15) is 33.6 Å². The highest BCUT2D eigenvalue weighted by Crippen LogP contribution is 2.11. The second-order valence-corrected chi connectivity index (χ2v) is 3.42. The Kier molecular flexibility index (Phi) is 6.59. The molecule has 78 valence electrons. The van der Waals surface area contributed by atoms with Gasteiger partial charge in [-0.2, -0.15) is 0 Å². The van der Waals surface area contributed by atoms with Gasteiger partial charge in [0.05, 0.1) is 6.54 Å². The number of carbonyl (C=O) groups is 1. The second-order valence-electron chi connectivity index (χ2n) is 3.42. The van der Waals surface area contributed by atoms with Gasteiger partial charge in [0, 0.05) is 13.1 Å². The van der Waals surface area contributed by atoms with Crippen molar-refractivity contribution in [1.82, 2.24) is 10.6 Å². The third-order valence-electron chi connectivity index (χ3n) is 2.62. The first-order valence-electron chi connectivity index (χ1n) is 5.09. The fraction of sp³-hybridized carbons (Fsp3) is 0.900. The van der Waals surface area contributed by atoms with Crippen molar-refractivity contribution in [1.29, 1.82) is 0 Å². The standard InChI is InChI=1S/C10H22N2O/c1-5-9(6-2)8(3)12-7-10(13)11-4/h8-9,12H,5-7H2,1-4H3,(H,11,13). The fourth-order valence-electron chi connectivity index (χ4n) is 1.50. The first-order valence-corrected chi connectivity index (χ1v) is 5.09. The molecule has 0 bridgehead atoms. The molecular weight excluding hydrogens is 164 g/mol. The summed E-state index contributed by atoms with van der Waals surface area (Å²) in [4.78, 5) is 10.9. The molecule has 0 rings (SSSR count). The Balaban J connectivity index is 3.71. The van der Waals surface area contributed by atoms with E-state index in [0.29, 0.717) is 18.5 Å². The van der Waals surface area contributed by atoms with E-state index in [-0.39, 0.29) is 5.91 Å².